The summed E-state index contributed by atoms with van der Waals surface area (Å²) in [6, 6.07) is 0. The van der Waals surface area contributed by atoms with Crippen molar-refractivity contribution in [3.05, 3.63) is 0 Å². The van der Waals surface area contributed by atoms with E-state index in [-0.39, 0.29) is 18.3 Å². The maximum atomic E-state index is 5.77. The van der Waals surface area contributed by atoms with Gasteiger partial charge >= 0.3 is 7.32 Å². The predicted octanol–water partition coefficient (Wildman–Crippen LogP) is 1.56. The lowest BCUT2D eigenvalue weighted by atomic mass is 10.1. The van der Waals surface area contributed by atoms with Gasteiger partial charge in [0.25, 0.3) is 0 Å². The van der Waals surface area contributed by atoms with Crippen molar-refractivity contribution < 1.29 is 28.2 Å². The molecule has 0 bridgehead atoms. The summed E-state index contributed by atoms with van der Waals surface area (Å²) < 4.78 is 34.0. The Morgan fingerprint density at radius 2 is 1.00 bits per heavy atom. The molecule has 0 N–H and O–H groups in total. The second-order valence-corrected chi connectivity index (χ2v) is 6.19. The Labute approximate surface area is 132 Å². The van der Waals surface area contributed by atoms with E-state index in [2.05, 4.69) is 0 Å². The van der Waals surface area contributed by atoms with Crippen LogP contribution in [-0.2, 0) is 28.2 Å². The van der Waals surface area contributed by atoms with E-state index < -0.39 is 7.32 Å². The Hall–Kier alpha value is -0.175. The van der Waals surface area contributed by atoms with Crippen LogP contribution in [0.15, 0.2) is 0 Å². The summed E-state index contributed by atoms with van der Waals surface area (Å²) in [4.78, 5) is 0. The van der Waals surface area contributed by atoms with Crippen LogP contribution in [0.4, 0.5) is 0 Å². The average Bonchev–Trinajstić information content (AvgIpc) is 3.29. The summed E-state index contributed by atoms with van der Waals surface area (Å²) >= 11 is 0. The highest BCUT2D eigenvalue weighted by Gasteiger charge is 2.29. The van der Waals surface area contributed by atoms with E-state index in [4.69, 9.17) is 28.2 Å². The van der Waals surface area contributed by atoms with Gasteiger partial charge in [-0.25, -0.2) is 0 Å². The van der Waals surface area contributed by atoms with Crippen molar-refractivity contribution in [3.63, 3.8) is 0 Å². The van der Waals surface area contributed by atoms with E-state index >= 15 is 0 Å². The van der Waals surface area contributed by atoms with Gasteiger partial charge in [-0.3, -0.25) is 0 Å². The minimum Gasteiger partial charge on any atom is -0.383 e. The van der Waals surface area contributed by atoms with E-state index in [9.17, 15) is 0 Å². The fourth-order valence-electron chi connectivity index (χ4n) is 3.03. The van der Waals surface area contributed by atoms with Gasteiger partial charge in [-0.15, -0.1) is 0 Å². The van der Waals surface area contributed by atoms with Crippen molar-refractivity contribution >= 4 is 7.32 Å². The molecule has 0 aliphatic carbocycles. The van der Waals surface area contributed by atoms with Crippen LogP contribution in [0.2, 0.25) is 0 Å². The molecule has 3 rings (SSSR count). The van der Waals surface area contributed by atoms with Crippen molar-refractivity contribution in [1.29, 1.82) is 0 Å². The molecule has 22 heavy (non-hydrogen) atoms. The molecule has 0 aromatic heterocycles. The number of rotatable bonds is 9. The van der Waals surface area contributed by atoms with Crippen LogP contribution in [0.25, 0.3) is 0 Å². The maximum Gasteiger partial charge on any atom is 0.639 e. The summed E-state index contributed by atoms with van der Waals surface area (Å²) in [5, 5.41) is 0. The molecular weight excluding hydrogens is 287 g/mol. The zero-order valence-corrected chi connectivity index (χ0v) is 13.2. The molecule has 0 radical (unpaired) electrons. The lowest BCUT2D eigenvalue weighted by Crippen LogP contribution is -2.35. The fraction of sp³-hybridized carbons (Fsp3) is 1.00. The average molecular weight is 314 g/mol. The van der Waals surface area contributed by atoms with E-state index in [1.807, 2.05) is 0 Å². The first-order chi connectivity index (χ1) is 10.9. The highest BCUT2D eigenvalue weighted by atomic mass is 16.7. The first-order valence-corrected chi connectivity index (χ1v) is 8.60. The third-order valence-electron chi connectivity index (χ3n) is 4.33. The van der Waals surface area contributed by atoms with Crippen molar-refractivity contribution in [2.45, 2.75) is 56.8 Å². The van der Waals surface area contributed by atoms with Gasteiger partial charge in [0.15, 0.2) is 0 Å². The van der Waals surface area contributed by atoms with E-state index in [0.29, 0.717) is 19.8 Å². The molecule has 0 spiro atoms. The molecule has 3 aliphatic heterocycles. The second kappa shape index (κ2) is 9.20. The molecule has 7 heteroatoms. The van der Waals surface area contributed by atoms with E-state index in [1.54, 1.807) is 0 Å². The predicted molar refractivity (Wildman–Crippen MR) is 80.5 cm³/mol. The molecule has 0 saturated carbocycles. The smallest absolute Gasteiger partial charge is 0.383 e. The van der Waals surface area contributed by atoms with E-state index in [0.717, 1.165) is 58.3 Å². The Bertz CT molecular complexity index is 253. The van der Waals surface area contributed by atoms with Gasteiger partial charge in [-0.1, -0.05) is 0 Å². The fourth-order valence-corrected chi connectivity index (χ4v) is 3.03. The molecule has 3 heterocycles. The van der Waals surface area contributed by atoms with Gasteiger partial charge in [0, 0.05) is 19.8 Å². The van der Waals surface area contributed by atoms with Crippen LogP contribution in [0.1, 0.15) is 38.5 Å². The van der Waals surface area contributed by atoms with Gasteiger partial charge in [0.1, 0.15) is 0 Å². The summed E-state index contributed by atoms with van der Waals surface area (Å²) in [5.74, 6) is 0. The third-order valence-corrected chi connectivity index (χ3v) is 4.33. The van der Waals surface area contributed by atoms with Crippen LogP contribution in [-0.4, -0.2) is 65.3 Å². The van der Waals surface area contributed by atoms with Crippen molar-refractivity contribution in [3.8, 4) is 0 Å². The van der Waals surface area contributed by atoms with Gasteiger partial charge in [0.2, 0.25) is 0 Å². The molecule has 3 fully saturated rings. The van der Waals surface area contributed by atoms with Gasteiger partial charge in [-0.05, 0) is 38.5 Å². The molecular formula is C15H27BO6. The van der Waals surface area contributed by atoms with Crippen LogP contribution >= 0.6 is 0 Å². The molecule has 0 unspecified atom stereocenters. The number of hydrogen-bond acceptors (Lipinski definition) is 6. The molecule has 0 aromatic rings. The summed E-state index contributed by atoms with van der Waals surface area (Å²) in [6.45, 7) is 4.02. The maximum absolute atomic E-state index is 5.77. The van der Waals surface area contributed by atoms with E-state index in [1.165, 1.54) is 0 Å². The van der Waals surface area contributed by atoms with Crippen LogP contribution in [0.5, 0.6) is 0 Å². The minimum atomic E-state index is -0.655. The lowest BCUT2D eigenvalue weighted by Gasteiger charge is -2.20. The third kappa shape index (κ3) is 5.47. The van der Waals surface area contributed by atoms with Crippen molar-refractivity contribution in [2.75, 3.05) is 39.6 Å². The molecule has 3 saturated heterocycles. The highest BCUT2D eigenvalue weighted by Crippen LogP contribution is 2.16. The van der Waals surface area contributed by atoms with Gasteiger partial charge in [0.05, 0.1) is 38.1 Å². The normalized spacial score (nSPS) is 31.9. The standard InChI is InChI=1S/C15H27BO6/c1-4-13(17-7-1)10-20-16(21-11-14-5-2-8-18-14)22-12-15-6-3-9-19-15/h13-15H,1-12H2/t13-,14-,15-/m1/s1. The summed E-state index contributed by atoms with van der Waals surface area (Å²) in [5.41, 5.74) is 0. The Morgan fingerprint density at radius 3 is 1.27 bits per heavy atom. The van der Waals surface area contributed by atoms with Gasteiger partial charge < -0.3 is 28.2 Å². The zero-order valence-electron chi connectivity index (χ0n) is 13.2. The molecule has 3 atom stereocenters. The Balaban J connectivity index is 1.38. The Kier molecular flexibility index (Phi) is 6.97. The number of hydrogen-bond donors (Lipinski definition) is 0. The minimum absolute atomic E-state index is 0.167. The van der Waals surface area contributed by atoms with Gasteiger partial charge in [-0.2, -0.15) is 0 Å². The SMILES string of the molecule is C1CO[C@@H](COB(OC[C@H]2CCCO2)OC[C@H]2CCCO2)C1. The first-order valence-electron chi connectivity index (χ1n) is 8.60. The lowest BCUT2D eigenvalue weighted by molar-refractivity contribution is -0.00987. The molecule has 0 amide bonds. The monoisotopic (exact) mass is 314 g/mol. The molecule has 6 nitrogen and oxygen atoms in total. The van der Waals surface area contributed by atoms with Crippen LogP contribution < -0.4 is 0 Å². The molecule has 126 valence electrons. The Morgan fingerprint density at radius 1 is 0.636 bits per heavy atom. The number of ether oxygens (including phenoxy) is 3. The second-order valence-electron chi connectivity index (χ2n) is 6.19. The topological polar surface area (TPSA) is 55.4 Å². The first kappa shape index (κ1) is 16.7. The summed E-state index contributed by atoms with van der Waals surface area (Å²) in [7, 11) is -0.655. The van der Waals surface area contributed by atoms with Crippen molar-refractivity contribution in [2.24, 2.45) is 0 Å². The largest absolute Gasteiger partial charge is 0.639 e. The van der Waals surface area contributed by atoms with Crippen LogP contribution in [0.3, 0.4) is 0 Å². The zero-order chi connectivity index (χ0) is 15.0. The molecule has 0 aromatic carbocycles. The quantitative estimate of drug-likeness (QED) is 0.602. The van der Waals surface area contributed by atoms with Crippen molar-refractivity contribution in [1.82, 2.24) is 0 Å². The summed E-state index contributed by atoms with van der Waals surface area (Å²) in [6.07, 6.45) is 6.95. The van der Waals surface area contributed by atoms with Crippen LogP contribution in [0, 0.1) is 0 Å². The highest BCUT2D eigenvalue weighted by molar-refractivity contribution is 6.36. The molecule has 3 aliphatic rings.